The lowest BCUT2D eigenvalue weighted by atomic mass is 10.1. The Kier molecular flexibility index (Phi) is 4.37. The van der Waals surface area contributed by atoms with Gasteiger partial charge in [-0.15, -0.1) is 11.3 Å². The molecule has 4 aromatic rings. The number of carbonyl (C=O) groups excluding carboxylic acids is 1. The molecule has 1 aromatic heterocycles. The van der Waals surface area contributed by atoms with Gasteiger partial charge in [-0.2, -0.15) is 0 Å². The molecule has 1 amide bonds. The Balaban J connectivity index is 1.62. The summed E-state index contributed by atoms with van der Waals surface area (Å²) >= 11 is 1.64. The number of carbonyl (C=O) groups is 1. The molecule has 1 heterocycles. The van der Waals surface area contributed by atoms with Crippen LogP contribution in [0.3, 0.4) is 0 Å². The first kappa shape index (κ1) is 16.3. The summed E-state index contributed by atoms with van der Waals surface area (Å²) in [5.41, 5.74) is 3.18. The fraction of sp³-hybridized carbons (Fsp3) is 0.0476. The van der Waals surface area contributed by atoms with Crippen molar-refractivity contribution in [1.29, 1.82) is 0 Å². The van der Waals surface area contributed by atoms with Gasteiger partial charge in [-0.05, 0) is 36.4 Å². The Morgan fingerprint density at radius 1 is 1.00 bits per heavy atom. The second-order valence-corrected chi connectivity index (χ2v) is 6.75. The Hall–Kier alpha value is -3.18. The zero-order valence-corrected chi connectivity index (χ0v) is 14.9. The van der Waals surface area contributed by atoms with Crippen LogP contribution in [0.1, 0.15) is 10.4 Å². The average molecular weight is 360 g/mol. The van der Waals surface area contributed by atoms with Crippen LogP contribution in [-0.4, -0.2) is 18.0 Å². The Bertz CT molecular complexity index is 1060. The van der Waals surface area contributed by atoms with E-state index in [0.29, 0.717) is 11.3 Å². The molecule has 0 aliphatic heterocycles. The van der Waals surface area contributed by atoms with Crippen molar-refractivity contribution in [1.82, 2.24) is 4.98 Å². The van der Waals surface area contributed by atoms with Crippen molar-refractivity contribution in [3.8, 4) is 16.3 Å². The maximum absolute atomic E-state index is 12.6. The third-order valence-corrected chi connectivity index (χ3v) is 5.10. The zero-order valence-electron chi connectivity index (χ0n) is 14.1. The van der Waals surface area contributed by atoms with Gasteiger partial charge in [0.2, 0.25) is 0 Å². The highest BCUT2D eigenvalue weighted by atomic mass is 32.1. The van der Waals surface area contributed by atoms with Crippen LogP contribution in [-0.2, 0) is 0 Å². The molecular weight excluding hydrogens is 344 g/mol. The minimum atomic E-state index is -0.205. The van der Waals surface area contributed by atoms with E-state index in [-0.39, 0.29) is 5.91 Å². The smallest absolute Gasteiger partial charge is 0.259 e. The van der Waals surface area contributed by atoms with Crippen molar-refractivity contribution < 1.29 is 9.53 Å². The molecule has 0 bridgehead atoms. The fourth-order valence-corrected chi connectivity index (χ4v) is 3.72. The molecule has 0 radical (unpaired) electrons. The molecule has 0 atom stereocenters. The summed E-state index contributed by atoms with van der Waals surface area (Å²) in [5.74, 6) is 0.344. The van der Waals surface area contributed by atoms with Gasteiger partial charge in [0, 0.05) is 11.3 Å². The summed E-state index contributed by atoms with van der Waals surface area (Å²) in [4.78, 5) is 17.3. The topological polar surface area (TPSA) is 51.2 Å². The molecule has 3 aromatic carbocycles. The molecule has 0 fully saturated rings. The van der Waals surface area contributed by atoms with Crippen molar-refractivity contribution >= 4 is 33.1 Å². The first-order valence-electron chi connectivity index (χ1n) is 8.15. The van der Waals surface area contributed by atoms with Crippen LogP contribution in [0, 0.1) is 0 Å². The summed E-state index contributed by atoms with van der Waals surface area (Å²) in [6.45, 7) is 0. The van der Waals surface area contributed by atoms with E-state index in [1.807, 2.05) is 54.6 Å². The van der Waals surface area contributed by atoms with Crippen LogP contribution < -0.4 is 10.1 Å². The maximum Gasteiger partial charge on any atom is 0.259 e. The van der Waals surface area contributed by atoms with Crippen molar-refractivity contribution in [2.24, 2.45) is 0 Å². The third-order valence-electron chi connectivity index (χ3n) is 4.01. The molecule has 4 rings (SSSR count). The number of thiazole rings is 1. The number of hydrogen-bond donors (Lipinski definition) is 1. The second kappa shape index (κ2) is 6.98. The molecule has 0 spiro atoms. The number of fused-ring (bicyclic) bond motifs is 1. The van der Waals surface area contributed by atoms with Crippen molar-refractivity contribution in [3.63, 3.8) is 0 Å². The summed E-state index contributed by atoms with van der Waals surface area (Å²) in [5, 5.41) is 3.86. The summed E-state index contributed by atoms with van der Waals surface area (Å²) in [7, 11) is 1.56. The molecular formula is C21H16N2O2S. The predicted molar refractivity (Wildman–Crippen MR) is 106 cm³/mol. The van der Waals surface area contributed by atoms with Gasteiger partial charge in [-0.25, -0.2) is 4.98 Å². The Morgan fingerprint density at radius 2 is 1.81 bits per heavy atom. The van der Waals surface area contributed by atoms with Crippen molar-refractivity contribution in [2.45, 2.75) is 0 Å². The molecule has 0 saturated carbocycles. The number of anilines is 1. The standard InChI is InChI=1S/C21H16N2O2S/c1-25-18-11-4-2-9-16(18)20(24)22-15-8-6-7-14(13-15)21-23-17-10-3-5-12-19(17)26-21/h2-13H,1H3,(H,22,24). The first-order chi connectivity index (χ1) is 12.7. The van der Waals surface area contributed by atoms with E-state index < -0.39 is 0 Å². The number of methoxy groups -OCH3 is 1. The van der Waals surface area contributed by atoms with Crippen LogP contribution in [0.2, 0.25) is 0 Å². The molecule has 0 aliphatic carbocycles. The molecule has 4 nitrogen and oxygen atoms in total. The second-order valence-electron chi connectivity index (χ2n) is 5.72. The predicted octanol–water partition coefficient (Wildman–Crippen LogP) is 5.22. The summed E-state index contributed by atoms with van der Waals surface area (Å²) < 4.78 is 6.41. The van der Waals surface area contributed by atoms with Crippen LogP contribution >= 0.6 is 11.3 Å². The Labute approximate surface area is 155 Å². The summed E-state index contributed by atoms with van der Waals surface area (Å²) in [6, 6.07) is 22.9. The van der Waals surface area contributed by atoms with E-state index in [0.717, 1.165) is 26.5 Å². The van der Waals surface area contributed by atoms with E-state index >= 15 is 0 Å². The maximum atomic E-state index is 12.6. The normalized spacial score (nSPS) is 10.7. The molecule has 26 heavy (non-hydrogen) atoms. The lowest BCUT2D eigenvalue weighted by Crippen LogP contribution is -2.13. The van der Waals surface area contributed by atoms with Crippen LogP contribution in [0.5, 0.6) is 5.75 Å². The van der Waals surface area contributed by atoms with Gasteiger partial charge in [0.15, 0.2) is 0 Å². The van der Waals surface area contributed by atoms with Crippen molar-refractivity contribution in [2.75, 3.05) is 12.4 Å². The SMILES string of the molecule is COc1ccccc1C(=O)Nc1cccc(-c2nc3ccccc3s2)c1. The van der Waals surface area contributed by atoms with Crippen LogP contribution in [0.25, 0.3) is 20.8 Å². The quantitative estimate of drug-likeness (QED) is 0.542. The Morgan fingerprint density at radius 3 is 2.65 bits per heavy atom. The number of benzene rings is 3. The molecule has 128 valence electrons. The van der Waals surface area contributed by atoms with Gasteiger partial charge in [0.05, 0.1) is 22.9 Å². The number of hydrogen-bond acceptors (Lipinski definition) is 4. The number of nitrogens with one attached hydrogen (secondary N) is 1. The van der Waals surface area contributed by atoms with Gasteiger partial charge in [0.1, 0.15) is 10.8 Å². The molecule has 1 N–H and O–H groups in total. The van der Waals surface area contributed by atoms with Crippen LogP contribution in [0.15, 0.2) is 72.8 Å². The highest BCUT2D eigenvalue weighted by molar-refractivity contribution is 7.21. The lowest BCUT2D eigenvalue weighted by molar-refractivity contribution is 0.102. The minimum absolute atomic E-state index is 0.205. The van der Waals surface area contributed by atoms with Gasteiger partial charge < -0.3 is 10.1 Å². The number of aromatic nitrogens is 1. The zero-order chi connectivity index (χ0) is 17.9. The average Bonchev–Trinajstić information content (AvgIpc) is 3.12. The van der Waals surface area contributed by atoms with E-state index in [1.165, 1.54) is 0 Å². The van der Waals surface area contributed by atoms with Crippen molar-refractivity contribution in [3.05, 3.63) is 78.4 Å². The largest absolute Gasteiger partial charge is 0.496 e. The monoisotopic (exact) mass is 360 g/mol. The van der Waals surface area contributed by atoms with Crippen LogP contribution in [0.4, 0.5) is 5.69 Å². The minimum Gasteiger partial charge on any atom is -0.496 e. The number of rotatable bonds is 4. The number of ether oxygens (including phenoxy) is 1. The first-order valence-corrected chi connectivity index (χ1v) is 8.96. The third kappa shape index (κ3) is 3.17. The summed E-state index contributed by atoms with van der Waals surface area (Å²) in [6.07, 6.45) is 0. The van der Waals surface area contributed by atoms with E-state index in [9.17, 15) is 4.79 Å². The number of para-hydroxylation sites is 2. The lowest BCUT2D eigenvalue weighted by Gasteiger charge is -2.09. The number of amides is 1. The molecule has 0 aliphatic rings. The molecule has 0 unspecified atom stereocenters. The van der Waals surface area contributed by atoms with E-state index in [2.05, 4.69) is 16.4 Å². The molecule has 0 saturated heterocycles. The fourth-order valence-electron chi connectivity index (χ4n) is 2.76. The van der Waals surface area contributed by atoms with Gasteiger partial charge in [-0.1, -0.05) is 36.4 Å². The van der Waals surface area contributed by atoms with Gasteiger partial charge >= 0.3 is 0 Å². The highest BCUT2D eigenvalue weighted by Gasteiger charge is 2.12. The van der Waals surface area contributed by atoms with E-state index in [1.54, 1.807) is 30.6 Å². The highest BCUT2D eigenvalue weighted by Crippen LogP contribution is 2.31. The van der Waals surface area contributed by atoms with Gasteiger partial charge in [0.25, 0.3) is 5.91 Å². The van der Waals surface area contributed by atoms with Gasteiger partial charge in [-0.3, -0.25) is 4.79 Å². The molecule has 5 heteroatoms. The van der Waals surface area contributed by atoms with E-state index in [4.69, 9.17) is 4.74 Å². The number of nitrogens with zero attached hydrogens (tertiary/aromatic N) is 1.